The Morgan fingerprint density at radius 2 is 1.91 bits per heavy atom. The molecule has 47 heavy (non-hydrogen) atoms. The first kappa shape index (κ1) is 31.2. The quantitative estimate of drug-likeness (QED) is 0.134. The van der Waals surface area contributed by atoms with Crippen LogP contribution in [0.3, 0.4) is 0 Å². The van der Waals surface area contributed by atoms with Crippen molar-refractivity contribution in [3.8, 4) is 39.5 Å². The standard InChI is InChI=1S/C36H35F2N5O3S/c1-5-31(44)42-11-12-43-29(21(42)2)19-28(40-43)35-33(32-27(38)17-25(37)18-30(32)46-14-13-45-4)36-26(9-15-47-36)34(39-35)23-7-6-22-8-10-41(3)20-24(22)16-23/h5-7,9,15-19,21H,1,8,10-14,20H2,2-4H3. The highest BCUT2D eigenvalue weighted by molar-refractivity contribution is 7.18. The van der Waals surface area contributed by atoms with Crippen LogP contribution in [-0.2, 0) is 29.0 Å². The van der Waals surface area contributed by atoms with Gasteiger partial charge in [0, 0.05) is 60.1 Å². The molecule has 0 spiro atoms. The third-order valence-corrected chi connectivity index (χ3v) is 10.00. The van der Waals surface area contributed by atoms with Crippen LogP contribution in [0.15, 0.2) is 60.5 Å². The summed E-state index contributed by atoms with van der Waals surface area (Å²) < 4.78 is 44.5. The maximum atomic E-state index is 16.1. The molecule has 5 aromatic rings. The normalized spacial score (nSPS) is 16.3. The van der Waals surface area contributed by atoms with E-state index >= 15 is 4.39 Å². The number of aromatic nitrogens is 3. The second-order valence-corrected chi connectivity index (χ2v) is 12.9. The predicted octanol–water partition coefficient (Wildman–Crippen LogP) is 6.87. The average Bonchev–Trinajstić information content (AvgIpc) is 3.72. The minimum Gasteiger partial charge on any atom is -0.490 e. The van der Waals surface area contributed by atoms with Gasteiger partial charge < -0.3 is 19.3 Å². The van der Waals surface area contributed by atoms with Gasteiger partial charge in [0.1, 0.15) is 35.4 Å². The van der Waals surface area contributed by atoms with Crippen molar-refractivity contribution in [3.05, 3.63) is 89.0 Å². The Labute approximate surface area is 275 Å². The van der Waals surface area contributed by atoms with E-state index in [1.165, 1.54) is 41.7 Å². The van der Waals surface area contributed by atoms with Gasteiger partial charge in [-0.25, -0.2) is 13.8 Å². The van der Waals surface area contributed by atoms with Crippen molar-refractivity contribution in [2.24, 2.45) is 0 Å². The number of benzene rings is 2. The molecular formula is C36H35F2N5O3S. The summed E-state index contributed by atoms with van der Waals surface area (Å²) in [6.45, 7) is 8.77. The van der Waals surface area contributed by atoms with Gasteiger partial charge in [0.05, 0.1) is 36.1 Å². The summed E-state index contributed by atoms with van der Waals surface area (Å²) in [5.41, 5.74) is 6.67. The minimum atomic E-state index is -0.764. The number of hydrogen-bond donors (Lipinski definition) is 0. The Kier molecular flexibility index (Phi) is 8.37. The summed E-state index contributed by atoms with van der Waals surface area (Å²) in [6.07, 6.45) is 2.30. The van der Waals surface area contributed by atoms with E-state index in [-0.39, 0.29) is 36.5 Å². The summed E-state index contributed by atoms with van der Waals surface area (Å²) in [5, 5.41) is 7.78. The van der Waals surface area contributed by atoms with E-state index < -0.39 is 11.6 Å². The van der Waals surface area contributed by atoms with Crippen LogP contribution in [0.1, 0.15) is 29.8 Å². The zero-order valence-corrected chi connectivity index (χ0v) is 27.4. The number of hydrogen-bond acceptors (Lipinski definition) is 7. The van der Waals surface area contributed by atoms with Crippen LogP contribution in [0.4, 0.5) is 8.78 Å². The smallest absolute Gasteiger partial charge is 0.246 e. The molecule has 3 aromatic heterocycles. The molecule has 0 N–H and O–H groups in total. The molecule has 8 nitrogen and oxygen atoms in total. The molecule has 11 heteroatoms. The van der Waals surface area contributed by atoms with Crippen molar-refractivity contribution in [1.29, 1.82) is 0 Å². The Hall–Kier alpha value is -4.45. The summed E-state index contributed by atoms with van der Waals surface area (Å²) in [5.74, 6) is -1.61. The van der Waals surface area contributed by atoms with Gasteiger partial charge in [0.2, 0.25) is 5.91 Å². The van der Waals surface area contributed by atoms with Crippen molar-refractivity contribution in [2.45, 2.75) is 32.5 Å². The number of nitrogens with zero attached hydrogens (tertiary/aromatic N) is 5. The zero-order valence-electron chi connectivity index (χ0n) is 26.6. The SMILES string of the molecule is C=CC(=O)N1CCn2nc(-c3nc(-c4ccc5c(c4)CN(C)CC5)c4ccsc4c3-c3c(F)cc(F)cc3OCCOC)cc2C1C. The van der Waals surface area contributed by atoms with Gasteiger partial charge in [-0.15, -0.1) is 11.3 Å². The fraction of sp³-hybridized carbons (Fsp3) is 0.306. The van der Waals surface area contributed by atoms with Gasteiger partial charge in [-0.3, -0.25) is 9.48 Å². The Morgan fingerprint density at radius 3 is 2.72 bits per heavy atom. The molecule has 2 aliphatic rings. The summed E-state index contributed by atoms with van der Waals surface area (Å²) >= 11 is 1.46. The molecule has 242 valence electrons. The molecule has 5 heterocycles. The number of carbonyl (C=O) groups excluding carboxylic acids is 1. The molecule has 0 saturated heterocycles. The molecular weight excluding hydrogens is 620 g/mol. The molecule has 1 atom stereocenters. The maximum absolute atomic E-state index is 16.1. The monoisotopic (exact) mass is 655 g/mol. The minimum absolute atomic E-state index is 0.0574. The van der Waals surface area contributed by atoms with E-state index in [0.29, 0.717) is 30.0 Å². The van der Waals surface area contributed by atoms with Crippen molar-refractivity contribution < 1.29 is 23.0 Å². The highest BCUT2D eigenvalue weighted by Crippen LogP contribution is 2.47. The highest BCUT2D eigenvalue weighted by atomic mass is 32.1. The first-order chi connectivity index (χ1) is 22.8. The van der Waals surface area contributed by atoms with Crippen LogP contribution in [0.25, 0.3) is 43.9 Å². The molecule has 7 rings (SSSR count). The number of fused-ring (bicyclic) bond motifs is 3. The van der Waals surface area contributed by atoms with Crippen molar-refractivity contribution >= 4 is 27.3 Å². The second-order valence-electron chi connectivity index (χ2n) is 12.0. The molecule has 0 saturated carbocycles. The van der Waals surface area contributed by atoms with Gasteiger partial charge in [-0.1, -0.05) is 18.7 Å². The number of rotatable bonds is 8. The first-order valence-corrected chi connectivity index (χ1v) is 16.5. The predicted molar refractivity (Wildman–Crippen MR) is 179 cm³/mol. The Morgan fingerprint density at radius 1 is 1.06 bits per heavy atom. The summed E-state index contributed by atoms with van der Waals surface area (Å²) in [4.78, 5) is 22.0. The number of pyridine rings is 1. The van der Waals surface area contributed by atoms with Gasteiger partial charge in [-0.2, -0.15) is 5.10 Å². The molecule has 2 aromatic carbocycles. The molecule has 0 radical (unpaired) electrons. The number of amides is 1. The van der Waals surface area contributed by atoms with E-state index in [1.54, 1.807) is 4.90 Å². The van der Waals surface area contributed by atoms with Gasteiger partial charge in [-0.05, 0) is 61.2 Å². The number of halogens is 2. The number of methoxy groups -OCH3 is 1. The Bertz CT molecular complexity index is 2020. The van der Waals surface area contributed by atoms with Crippen molar-refractivity contribution in [3.63, 3.8) is 0 Å². The van der Waals surface area contributed by atoms with Gasteiger partial charge >= 0.3 is 0 Å². The number of likely N-dealkylation sites (N-methyl/N-ethyl adjacent to an activating group) is 1. The van der Waals surface area contributed by atoms with Crippen LogP contribution in [0.2, 0.25) is 0 Å². The van der Waals surface area contributed by atoms with E-state index in [0.717, 1.165) is 52.6 Å². The van der Waals surface area contributed by atoms with Crippen LogP contribution in [0, 0.1) is 11.6 Å². The molecule has 0 aliphatic carbocycles. The topological polar surface area (TPSA) is 72.7 Å². The van der Waals surface area contributed by atoms with Crippen LogP contribution >= 0.6 is 11.3 Å². The van der Waals surface area contributed by atoms with E-state index in [1.807, 2.05) is 29.1 Å². The fourth-order valence-corrected chi connectivity index (χ4v) is 7.63. The third kappa shape index (κ3) is 5.62. The summed E-state index contributed by atoms with van der Waals surface area (Å²) in [6, 6.07) is 12.2. The number of ether oxygens (including phenoxy) is 2. The lowest BCUT2D eigenvalue weighted by Gasteiger charge is -2.33. The molecule has 0 bridgehead atoms. The first-order valence-electron chi connectivity index (χ1n) is 15.6. The molecule has 1 amide bonds. The number of thiophene rings is 1. The van der Waals surface area contributed by atoms with Gasteiger partial charge in [0.15, 0.2) is 0 Å². The van der Waals surface area contributed by atoms with E-state index in [9.17, 15) is 9.18 Å². The molecule has 0 fully saturated rings. The Balaban J connectivity index is 1.48. The molecule has 2 aliphatic heterocycles. The second kappa shape index (κ2) is 12.6. The van der Waals surface area contributed by atoms with Gasteiger partial charge in [0.25, 0.3) is 0 Å². The van der Waals surface area contributed by atoms with Crippen LogP contribution in [0.5, 0.6) is 5.75 Å². The van der Waals surface area contributed by atoms with Crippen molar-refractivity contribution in [2.75, 3.05) is 40.5 Å². The third-order valence-electron chi connectivity index (χ3n) is 9.06. The fourth-order valence-electron chi connectivity index (χ4n) is 6.69. The zero-order chi connectivity index (χ0) is 32.8. The lowest BCUT2D eigenvalue weighted by molar-refractivity contribution is -0.129. The van der Waals surface area contributed by atoms with Crippen molar-refractivity contribution in [1.82, 2.24) is 24.6 Å². The maximum Gasteiger partial charge on any atom is 0.246 e. The lowest BCUT2D eigenvalue weighted by Crippen LogP contribution is -2.40. The average molecular weight is 656 g/mol. The summed E-state index contributed by atoms with van der Waals surface area (Å²) in [7, 11) is 3.66. The highest BCUT2D eigenvalue weighted by Gasteiger charge is 2.31. The largest absolute Gasteiger partial charge is 0.490 e. The van der Waals surface area contributed by atoms with Crippen LogP contribution in [-0.4, -0.2) is 70.9 Å². The van der Waals surface area contributed by atoms with Crippen LogP contribution < -0.4 is 4.74 Å². The van der Waals surface area contributed by atoms with E-state index in [2.05, 4.69) is 36.7 Å². The molecule has 1 unspecified atom stereocenters. The number of carbonyl (C=O) groups is 1. The van der Waals surface area contributed by atoms with E-state index in [4.69, 9.17) is 19.6 Å². The lowest BCUT2D eigenvalue weighted by atomic mass is 9.93.